The van der Waals surface area contributed by atoms with Crippen LogP contribution in [0.2, 0.25) is 5.02 Å². The molecule has 0 saturated heterocycles. The number of hydrogen-bond acceptors (Lipinski definition) is 3. The smallest absolute Gasteiger partial charge is 0.337 e. The van der Waals surface area contributed by atoms with E-state index in [0.29, 0.717) is 12.4 Å². The molecule has 1 aromatic rings. The Kier molecular flexibility index (Phi) is 4.11. The van der Waals surface area contributed by atoms with Crippen LogP contribution >= 0.6 is 27.5 Å². The molecule has 0 amide bonds. The first-order chi connectivity index (χ1) is 7.00. The molecule has 0 aliphatic heterocycles. The van der Waals surface area contributed by atoms with Crippen LogP contribution in [0.4, 0.5) is 5.82 Å². The summed E-state index contributed by atoms with van der Waals surface area (Å²) in [6.45, 7) is 4.10. The molecular weight excluding hydrogens is 283 g/mol. The van der Waals surface area contributed by atoms with Gasteiger partial charge in [-0.15, -0.1) is 0 Å². The molecule has 0 spiro atoms. The summed E-state index contributed by atoms with van der Waals surface area (Å²) in [5.74, 6) is -0.638. The minimum atomic E-state index is -1.08. The summed E-state index contributed by atoms with van der Waals surface area (Å²) in [6.07, 6.45) is 1.30. The van der Waals surface area contributed by atoms with E-state index < -0.39 is 5.97 Å². The highest BCUT2D eigenvalue weighted by Crippen LogP contribution is 2.18. The fourth-order valence-corrected chi connectivity index (χ4v) is 1.21. The number of halogens is 2. The van der Waals surface area contributed by atoms with E-state index in [9.17, 15) is 4.79 Å². The molecule has 2 N–H and O–H groups in total. The molecule has 0 saturated carbocycles. The van der Waals surface area contributed by atoms with Crippen molar-refractivity contribution in [2.45, 2.75) is 0 Å². The first-order valence-electron chi connectivity index (χ1n) is 3.96. The zero-order valence-corrected chi connectivity index (χ0v) is 9.97. The van der Waals surface area contributed by atoms with E-state index in [1.54, 1.807) is 0 Å². The molecule has 1 aromatic heterocycles. The number of hydrogen-bond donors (Lipinski definition) is 2. The normalized spacial score (nSPS) is 9.73. The van der Waals surface area contributed by atoms with Gasteiger partial charge in [-0.3, -0.25) is 0 Å². The molecule has 1 rings (SSSR count). The molecule has 4 nitrogen and oxygen atoms in total. The van der Waals surface area contributed by atoms with Crippen LogP contribution in [0.3, 0.4) is 0 Å². The van der Waals surface area contributed by atoms with Gasteiger partial charge in [-0.2, -0.15) is 0 Å². The summed E-state index contributed by atoms with van der Waals surface area (Å²) in [5, 5.41) is 11.8. The van der Waals surface area contributed by atoms with E-state index in [-0.39, 0.29) is 10.6 Å². The van der Waals surface area contributed by atoms with Gasteiger partial charge in [0.2, 0.25) is 0 Å². The molecule has 0 aromatic carbocycles. The van der Waals surface area contributed by atoms with Gasteiger partial charge < -0.3 is 10.4 Å². The quantitative estimate of drug-likeness (QED) is 0.895. The highest BCUT2D eigenvalue weighted by molar-refractivity contribution is 9.11. The lowest BCUT2D eigenvalue weighted by Gasteiger charge is -2.05. The molecule has 0 radical (unpaired) electrons. The topological polar surface area (TPSA) is 62.2 Å². The average Bonchev–Trinajstić information content (AvgIpc) is 2.16. The number of pyridine rings is 1. The van der Waals surface area contributed by atoms with Crippen molar-refractivity contribution in [3.63, 3.8) is 0 Å². The molecular formula is C9H8BrClN2O2. The van der Waals surface area contributed by atoms with Gasteiger partial charge in [0.1, 0.15) is 5.82 Å². The van der Waals surface area contributed by atoms with Crippen LogP contribution in [0, 0.1) is 0 Å². The van der Waals surface area contributed by atoms with Gasteiger partial charge in [0.05, 0.1) is 10.6 Å². The largest absolute Gasteiger partial charge is 0.478 e. The second kappa shape index (κ2) is 5.14. The maximum absolute atomic E-state index is 10.7. The van der Waals surface area contributed by atoms with Crippen molar-refractivity contribution in [1.82, 2.24) is 4.98 Å². The van der Waals surface area contributed by atoms with E-state index in [4.69, 9.17) is 16.7 Å². The summed E-state index contributed by atoms with van der Waals surface area (Å²) in [7, 11) is 0. The molecule has 15 heavy (non-hydrogen) atoms. The Hall–Kier alpha value is -1.07. The van der Waals surface area contributed by atoms with E-state index >= 15 is 0 Å². The van der Waals surface area contributed by atoms with Crippen LogP contribution in [-0.4, -0.2) is 22.6 Å². The molecule has 0 unspecified atom stereocenters. The molecule has 6 heteroatoms. The highest BCUT2D eigenvalue weighted by atomic mass is 79.9. The molecule has 80 valence electrons. The molecule has 0 aliphatic carbocycles. The Morgan fingerprint density at radius 3 is 2.93 bits per heavy atom. The zero-order chi connectivity index (χ0) is 11.4. The highest BCUT2D eigenvalue weighted by Gasteiger charge is 2.09. The van der Waals surface area contributed by atoms with Gasteiger partial charge in [0.25, 0.3) is 0 Å². The number of aromatic nitrogens is 1. The van der Waals surface area contributed by atoms with Crippen molar-refractivity contribution in [3.05, 3.63) is 33.9 Å². The lowest BCUT2D eigenvalue weighted by molar-refractivity contribution is 0.0697. The van der Waals surface area contributed by atoms with Crippen LogP contribution in [-0.2, 0) is 0 Å². The van der Waals surface area contributed by atoms with Crippen molar-refractivity contribution in [2.75, 3.05) is 11.9 Å². The lowest BCUT2D eigenvalue weighted by atomic mass is 10.2. The van der Waals surface area contributed by atoms with E-state index in [2.05, 4.69) is 32.8 Å². The van der Waals surface area contributed by atoms with Crippen molar-refractivity contribution >= 4 is 39.3 Å². The second-order valence-electron chi connectivity index (χ2n) is 2.73. The van der Waals surface area contributed by atoms with Crippen molar-refractivity contribution in [1.29, 1.82) is 0 Å². The Morgan fingerprint density at radius 1 is 1.73 bits per heavy atom. The van der Waals surface area contributed by atoms with Crippen molar-refractivity contribution < 1.29 is 9.90 Å². The van der Waals surface area contributed by atoms with Crippen LogP contribution in [0.5, 0.6) is 0 Å². The fourth-order valence-electron chi connectivity index (χ4n) is 0.886. The SMILES string of the molecule is C=C(Br)CNc1cc(C(=O)O)c(Cl)cn1. The predicted octanol–water partition coefficient (Wildman–Crippen LogP) is 2.75. The molecule has 0 bridgehead atoms. The first-order valence-corrected chi connectivity index (χ1v) is 5.14. The predicted molar refractivity (Wildman–Crippen MR) is 62.8 cm³/mol. The molecule has 0 aliphatic rings. The van der Waals surface area contributed by atoms with Gasteiger partial charge in [0.15, 0.2) is 0 Å². The van der Waals surface area contributed by atoms with Gasteiger partial charge in [0, 0.05) is 17.2 Å². The summed E-state index contributed by atoms with van der Waals surface area (Å²) in [4.78, 5) is 14.7. The molecule has 0 atom stereocenters. The zero-order valence-electron chi connectivity index (χ0n) is 7.63. The van der Waals surface area contributed by atoms with Gasteiger partial charge in [-0.1, -0.05) is 34.1 Å². The van der Waals surface area contributed by atoms with Crippen LogP contribution in [0.1, 0.15) is 10.4 Å². The third-order valence-corrected chi connectivity index (χ3v) is 2.13. The number of anilines is 1. The third kappa shape index (κ3) is 3.53. The Bertz CT molecular complexity index is 409. The van der Waals surface area contributed by atoms with E-state index in [1.165, 1.54) is 12.3 Å². The summed E-state index contributed by atoms with van der Waals surface area (Å²) in [5.41, 5.74) is 0.0225. The fraction of sp³-hybridized carbons (Fsp3) is 0.111. The van der Waals surface area contributed by atoms with Crippen molar-refractivity contribution in [3.8, 4) is 0 Å². The molecule has 1 heterocycles. The number of carbonyl (C=O) groups is 1. The minimum Gasteiger partial charge on any atom is -0.478 e. The maximum atomic E-state index is 10.7. The first kappa shape index (κ1) is 12.0. The Labute approximate surface area is 100 Å². The van der Waals surface area contributed by atoms with Crippen LogP contribution < -0.4 is 5.32 Å². The summed E-state index contributed by atoms with van der Waals surface area (Å²) in [6, 6.07) is 1.38. The van der Waals surface area contributed by atoms with Crippen LogP contribution in [0.15, 0.2) is 23.3 Å². The Balaban J connectivity index is 2.87. The number of nitrogens with one attached hydrogen (secondary N) is 1. The standard InChI is InChI=1S/C9H8BrClN2O2/c1-5(10)3-12-8-2-6(9(14)15)7(11)4-13-8/h2,4H,1,3H2,(H,12,13)(H,14,15). The minimum absolute atomic E-state index is 0.0225. The van der Waals surface area contributed by atoms with Gasteiger partial charge in [-0.05, 0) is 6.07 Å². The average molecular weight is 292 g/mol. The number of nitrogens with zero attached hydrogens (tertiary/aromatic N) is 1. The van der Waals surface area contributed by atoms with Gasteiger partial charge in [-0.25, -0.2) is 9.78 Å². The monoisotopic (exact) mass is 290 g/mol. The maximum Gasteiger partial charge on any atom is 0.337 e. The summed E-state index contributed by atoms with van der Waals surface area (Å²) < 4.78 is 0.746. The number of rotatable bonds is 4. The third-order valence-electron chi connectivity index (χ3n) is 1.55. The second-order valence-corrected chi connectivity index (χ2v) is 4.25. The van der Waals surface area contributed by atoms with Crippen LogP contribution in [0.25, 0.3) is 0 Å². The van der Waals surface area contributed by atoms with E-state index in [0.717, 1.165) is 4.48 Å². The number of carboxylic acids is 1. The molecule has 0 fully saturated rings. The summed E-state index contributed by atoms with van der Waals surface area (Å²) >= 11 is 8.82. The lowest BCUT2D eigenvalue weighted by Crippen LogP contribution is -2.05. The number of aromatic carboxylic acids is 1. The van der Waals surface area contributed by atoms with Crippen molar-refractivity contribution in [2.24, 2.45) is 0 Å². The number of carboxylic acid groups (broad SMARTS) is 1. The Morgan fingerprint density at radius 2 is 2.40 bits per heavy atom. The van der Waals surface area contributed by atoms with E-state index in [1.807, 2.05) is 0 Å². The van der Waals surface area contributed by atoms with Gasteiger partial charge >= 0.3 is 5.97 Å².